The predicted octanol–water partition coefficient (Wildman–Crippen LogP) is 0.554. The van der Waals surface area contributed by atoms with E-state index in [4.69, 9.17) is 20.2 Å². The van der Waals surface area contributed by atoms with Gasteiger partial charge in [-0.25, -0.2) is 19.7 Å². The number of rotatable bonds is 6. The van der Waals surface area contributed by atoms with Gasteiger partial charge in [0.25, 0.3) is 11.8 Å². The summed E-state index contributed by atoms with van der Waals surface area (Å²) in [7, 11) is 0. The Hall–Kier alpha value is -3.90. The smallest absolute Gasteiger partial charge is 0.410 e. The van der Waals surface area contributed by atoms with Crippen molar-refractivity contribution in [1.29, 1.82) is 0 Å². The minimum Gasteiger partial charge on any atom is -0.461 e. The molecule has 2 aromatic heterocycles. The molecular weight excluding hydrogens is 492 g/mol. The van der Waals surface area contributed by atoms with Crippen molar-refractivity contribution in [3.8, 4) is 0 Å². The molecule has 0 spiro atoms. The van der Waals surface area contributed by atoms with Crippen molar-refractivity contribution >= 4 is 40.8 Å². The summed E-state index contributed by atoms with van der Waals surface area (Å²) in [5.41, 5.74) is 6.47. The van der Waals surface area contributed by atoms with Crippen LogP contribution in [0.2, 0.25) is 0 Å². The first-order chi connectivity index (χ1) is 18.4. The van der Waals surface area contributed by atoms with Crippen molar-refractivity contribution in [2.75, 3.05) is 25.4 Å². The zero-order valence-electron chi connectivity index (χ0n) is 20.9. The molecule has 2 aliphatic carbocycles. The Kier molecular flexibility index (Phi) is 5.24. The fraction of sp³-hybridized carbons (Fsp3) is 0.600. The van der Waals surface area contributed by atoms with Crippen LogP contribution in [0.3, 0.4) is 0 Å². The highest BCUT2D eigenvalue weighted by atomic mass is 16.6. The Morgan fingerprint density at radius 2 is 2.03 bits per heavy atom. The number of carbonyl (C=O) groups is 3. The molecule has 0 aromatic carbocycles. The third-order valence-corrected chi connectivity index (χ3v) is 8.18. The molecule has 3 unspecified atom stereocenters. The molecule has 13 nitrogen and oxygen atoms in total. The van der Waals surface area contributed by atoms with Crippen molar-refractivity contribution in [3.63, 3.8) is 0 Å². The maximum absolute atomic E-state index is 12.7. The van der Waals surface area contributed by atoms with Gasteiger partial charge < -0.3 is 30.7 Å². The van der Waals surface area contributed by atoms with Crippen LogP contribution in [0.25, 0.3) is 17.0 Å². The minimum absolute atomic E-state index is 0.0442. The average molecular weight is 523 g/mol. The fourth-order valence-corrected chi connectivity index (χ4v) is 5.62. The Bertz CT molecular complexity index is 1360. The van der Waals surface area contributed by atoms with E-state index in [1.54, 1.807) is 15.8 Å². The number of nitrogens with one attached hydrogen (secondary N) is 2. The van der Waals surface area contributed by atoms with Crippen LogP contribution < -0.4 is 16.4 Å². The third kappa shape index (κ3) is 4.00. The molecule has 38 heavy (non-hydrogen) atoms. The fourth-order valence-electron chi connectivity index (χ4n) is 5.62. The summed E-state index contributed by atoms with van der Waals surface area (Å²) in [5, 5.41) is 5.73. The number of likely N-dealkylation sites (tertiary alicyclic amines) is 1. The third-order valence-electron chi connectivity index (χ3n) is 8.18. The summed E-state index contributed by atoms with van der Waals surface area (Å²) in [5.74, 6) is 1.48. The van der Waals surface area contributed by atoms with Crippen molar-refractivity contribution in [2.24, 2.45) is 11.8 Å². The molecule has 5 heterocycles. The maximum atomic E-state index is 12.7. The topological polar surface area (TPSA) is 167 Å². The van der Waals surface area contributed by atoms with E-state index in [0.29, 0.717) is 67.6 Å². The standard InChI is InChI=1S/C25H30N8O5/c26-20-19-21(33(12-28-19)18-10-14-11-25(14,38-18)23(35)29-15-1-2-15)31-17(30-20)9-13-4-7-32(8-5-13)24(36)37-16-3-6-27-22(16)34/h10,12-16H,1-9,11H2,(H,27,34)(H,29,35)(H2,26,30,31). The summed E-state index contributed by atoms with van der Waals surface area (Å²) in [6, 6.07) is 0.279. The van der Waals surface area contributed by atoms with E-state index in [1.165, 1.54) is 0 Å². The number of piperidine rings is 1. The van der Waals surface area contributed by atoms with Crippen LogP contribution >= 0.6 is 0 Å². The summed E-state index contributed by atoms with van der Waals surface area (Å²) < 4.78 is 13.3. The quantitative estimate of drug-likeness (QED) is 0.491. The number of hydrogen-bond acceptors (Lipinski definition) is 9. The van der Waals surface area contributed by atoms with Gasteiger partial charge in [0.05, 0.1) is 0 Å². The minimum atomic E-state index is -0.813. The molecule has 2 saturated heterocycles. The number of fused-ring (bicyclic) bond motifs is 2. The summed E-state index contributed by atoms with van der Waals surface area (Å²) in [6.45, 7) is 1.62. The highest BCUT2D eigenvalue weighted by Crippen LogP contribution is 2.56. The number of imidazole rings is 1. The van der Waals surface area contributed by atoms with Crippen LogP contribution in [0.15, 0.2) is 12.4 Å². The average Bonchev–Trinajstić information content (AvgIpc) is 3.69. The summed E-state index contributed by atoms with van der Waals surface area (Å²) >= 11 is 0. The van der Waals surface area contributed by atoms with Crippen LogP contribution in [0.4, 0.5) is 10.6 Å². The molecule has 0 radical (unpaired) electrons. The number of nitrogens with zero attached hydrogens (tertiary/aromatic N) is 5. The Morgan fingerprint density at radius 3 is 2.76 bits per heavy atom. The lowest BCUT2D eigenvalue weighted by atomic mass is 9.93. The number of anilines is 1. The Morgan fingerprint density at radius 1 is 1.21 bits per heavy atom. The van der Waals surface area contributed by atoms with E-state index >= 15 is 0 Å². The second-order valence-electron chi connectivity index (χ2n) is 11.0. The molecule has 0 bridgehead atoms. The first-order valence-electron chi connectivity index (χ1n) is 13.3. The van der Waals surface area contributed by atoms with E-state index in [1.807, 2.05) is 6.08 Å². The van der Waals surface area contributed by atoms with Crippen molar-refractivity contribution in [3.05, 3.63) is 18.2 Å². The number of carbonyl (C=O) groups excluding carboxylic acids is 3. The van der Waals surface area contributed by atoms with Gasteiger partial charge in [0, 0.05) is 50.9 Å². The van der Waals surface area contributed by atoms with E-state index in [0.717, 1.165) is 25.7 Å². The monoisotopic (exact) mass is 522 g/mol. The molecule has 4 fully saturated rings. The highest BCUT2D eigenvalue weighted by Gasteiger charge is 2.66. The number of aromatic nitrogens is 4. The lowest BCUT2D eigenvalue weighted by molar-refractivity contribution is -0.131. The molecule has 7 rings (SSSR count). The molecule has 5 aliphatic rings. The lowest BCUT2D eigenvalue weighted by Gasteiger charge is -2.31. The zero-order chi connectivity index (χ0) is 26.0. The van der Waals surface area contributed by atoms with Crippen LogP contribution in [0.1, 0.15) is 44.3 Å². The van der Waals surface area contributed by atoms with Gasteiger partial charge in [-0.2, -0.15) is 0 Å². The van der Waals surface area contributed by atoms with Crippen LogP contribution in [0.5, 0.6) is 0 Å². The van der Waals surface area contributed by atoms with E-state index in [2.05, 4.69) is 20.6 Å². The molecule has 3 amide bonds. The summed E-state index contributed by atoms with van der Waals surface area (Å²) in [4.78, 5) is 52.2. The van der Waals surface area contributed by atoms with E-state index in [-0.39, 0.29) is 29.7 Å². The van der Waals surface area contributed by atoms with Gasteiger partial charge in [-0.15, -0.1) is 0 Å². The van der Waals surface area contributed by atoms with Crippen molar-refractivity contribution in [2.45, 2.75) is 62.7 Å². The number of hydrogen-bond donors (Lipinski definition) is 3. The van der Waals surface area contributed by atoms with Gasteiger partial charge in [0.2, 0.25) is 0 Å². The number of nitrogens with two attached hydrogens (primary N) is 1. The van der Waals surface area contributed by atoms with E-state index < -0.39 is 17.8 Å². The van der Waals surface area contributed by atoms with Gasteiger partial charge in [0.1, 0.15) is 12.2 Å². The van der Waals surface area contributed by atoms with Gasteiger partial charge in [-0.05, 0) is 37.7 Å². The summed E-state index contributed by atoms with van der Waals surface area (Å²) in [6.07, 6.45) is 7.83. The molecule has 200 valence electrons. The lowest BCUT2D eigenvalue weighted by Crippen LogP contribution is -2.41. The first-order valence-corrected chi connectivity index (χ1v) is 13.3. The second kappa shape index (κ2) is 8.57. The highest BCUT2D eigenvalue weighted by molar-refractivity contribution is 5.92. The van der Waals surface area contributed by atoms with Gasteiger partial charge in [-0.1, -0.05) is 0 Å². The van der Waals surface area contributed by atoms with E-state index in [9.17, 15) is 14.4 Å². The molecule has 3 atom stereocenters. The molecule has 2 saturated carbocycles. The zero-order valence-corrected chi connectivity index (χ0v) is 20.9. The van der Waals surface area contributed by atoms with Crippen LogP contribution in [-0.2, 0) is 25.5 Å². The number of ether oxygens (including phenoxy) is 2. The van der Waals surface area contributed by atoms with Crippen LogP contribution in [0, 0.1) is 11.8 Å². The SMILES string of the molecule is Nc1nc(CC2CCN(C(=O)OC3CCNC3=O)CC2)nc2c1ncn2C1=CC2CC2(C(=O)NC2CC2)O1. The van der Waals surface area contributed by atoms with Crippen molar-refractivity contribution < 1.29 is 23.9 Å². The largest absolute Gasteiger partial charge is 0.461 e. The van der Waals surface area contributed by atoms with Crippen molar-refractivity contribution in [1.82, 2.24) is 35.1 Å². The van der Waals surface area contributed by atoms with Crippen LogP contribution in [-0.4, -0.2) is 79.7 Å². The Balaban J connectivity index is 1.01. The maximum Gasteiger partial charge on any atom is 0.410 e. The normalized spacial score (nSPS) is 28.5. The van der Waals surface area contributed by atoms with Gasteiger partial charge >= 0.3 is 6.09 Å². The molecule has 2 aromatic rings. The molecular formula is C25H30N8O5. The predicted molar refractivity (Wildman–Crippen MR) is 133 cm³/mol. The molecule has 13 heteroatoms. The Labute approximate surface area is 218 Å². The number of amides is 3. The molecule has 3 aliphatic heterocycles. The number of nitrogen functional groups attached to an aromatic ring is 1. The van der Waals surface area contributed by atoms with Gasteiger partial charge in [0.15, 0.2) is 34.6 Å². The first kappa shape index (κ1) is 23.2. The molecule has 4 N–H and O–H groups in total. The van der Waals surface area contributed by atoms with Gasteiger partial charge in [-0.3, -0.25) is 14.2 Å². The second-order valence-corrected chi connectivity index (χ2v) is 11.0.